The molecule has 2 aromatic carbocycles. The van der Waals surface area contributed by atoms with Crippen molar-refractivity contribution in [3.8, 4) is 5.75 Å². The molecule has 0 saturated carbocycles. The normalized spacial score (nSPS) is 20.3. The highest BCUT2D eigenvalue weighted by Crippen LogP contribution is 2.31. The molecule has 1 atom stereocenters. The van der Waals surface area contributed by atoms with E-state index >= 15 is 0 Å². The lowest BCUT2D eigenvalue weighted by atomic mass is 10.0. The number of nitrogens with one attached hydrogen (secondary N) is 1. The van der Waals surface area contributed by atoms with E-state index in [0.717, 1.165) is 44.3 Å². The number of amides is 2. The third-order valence-corrected chi connectivity index (χ3v) is 6.71. The summed E-state index contributed by atoms with van der Waals surface area (Å²) in [5.74, 6) is -0.331. The molecular formula is C25H33N3O3. The minimum absolute atomic E-state index is 0.00592. The Labute approximate surface area is 184 Å². The van der Waals surface area contributed by atoms with Gasteiger partial charge in [-0.15, -0.1) is 0 Å². The van der Waals surface area contributed by atoms with Crippen LogP contribution in [0.5, 0.6) is 5.75 Å². The lowest BCUT2D eigenvalue weighted by Crippen LogP contribution is -2.51. The van der Waals surface area contributed by atoms with E-state index in [1.807, 2.05) is 30.3 Å². The summed E-state index contributed by atoms with van der Waals surface area (Å²) in [5, 5.41) is 15.4. The average Bonchev–Trinajstić information content (AvgIpc) is 3.29. The van der Waals surface area contributed by atoms with Crippen molar-refractivity contribution in [2.45, 2.75) is 57.5 Å². The molecular weight excluding hydrogens is 390 g/mol. The summed E-state index contributed by atoms with van der Waals surface area (Å²) >= 11 is 0. The summed E-state index contributed by atoms with van der Waals surface area (Å²) in [5.41, 5.74) is 0.266. The van der Waals surface area contributed by atoms with Crippen LogP contribution in [-0.2, 0) is 4.79 Å². The van der Waals surface area contributed by atoms with E-state index in [-0.39, 0.29) is 29.2 Å². The van der Waals surface area contributed by atoms with Crippen molar-refractivity contribution in [3.05, 3.63) is 42.0 Å². The fourth-order valence-corrected chi connectivity index (χ4v) is 4.84. The maximum atomic E-state index is 13.2. The number of fused-ring (bicyclic) bond motifs is 1. The molecule has 31 heavy (non-hydrogen) atoms. The Morgan fingerprint density at radius 3 is 2.61 bits per heavy atom. The molecule has 2 saturated heterocycles. The molecule has 2 aliphatic heterocycles. The Kier molecular flexibility index (Phi) is 6.76. The summed E-state index contributed by atoms with van der Waals surface area (Å²) in [6.07, 6.45) is 5.81. The molecule has 0 aromatic heterocycles. The Bertz CT molecular complexity index is 937. The Morgan fingerprint density at radius 2 is 1.84 bits per heavy atom. The minimum atomic E-state index is -0.462. The van der Waals surface area contributed by atoms with Crippen LogP contribution in [-0.4, -0.2) is 65.0 Å². The van der Waals surface area contributed by atoms with Crippen molar-refractivity contribution >= 4 is 22.6 Å². The number of carbonyl (C=O) groups excluding carboxylic acids is 2. The van der Waals surface area contributed by atoms with Gasteiger partial charge >= 0.3 is 0 Å². The van der Waals surface area contributed by atoms with Crippen molar-refractivity contribution in [3.63, 3.8) is 0 Å². The Morgan fingerprint density at radius 1 is 1.06 bits per heavy atom. The fourth-order valence-electron chi connectivity index (χ4n) is 4.84. The van der Waals surface area contributed by atoms with Gasteiger partial charge in [-0.1, -0.05) is 43.7 Å². The van der Waals surface area contributed by atoms with Crippen LogP contribution in [0, 0.1) is 0 Å². The van der Waals surface area contributed by atoms with E-state index in [1.54, 1.807) is 11.0 Å². The third kappa shape index (κ3) is 4.69. The van der Waals surface area contributed by atoms with Crippen LogP contribution in [0.15, 0.2) is 36.4 Å². The predicted octanol–water partition coefficient (Wildman–Crippen LogP) is 3.53. The van der Waals surface area contributed by atoms with Gasteiger partial charge < -0.3 is 20.2 Å². The predicted molar refractivity (Wildman–Crippen MR) is 122 cm³/mol. The van der Waals surface area contributed by atoms with Gasteiger partial charge in [-0.25, -0.2) is 0 Å². The number of phenolic OH excluding ortho intramolecular Hbond substituents is 1. The monoisotopic (exact) mass is 423 g/mol. The lowest BCUT2D eigenvalue weighted by molar-refractivity contribution is -0.125. The molecule has 2 N–H and O–H groups in total. The molecule has 6 heteroatoms. The number of phenols is 1. The first-order chi connectivity index (χ1) is 15.1. The highest BCUT2D eigenvalue weighted by Gasteiger charge is 2.36. The zero-order chi connectivity index (χ0) is 21.8. The quantitative estimate of drug-likeness (QED) is 0.746. The van der Waals surface area contributed by atoms with E-state index in [4.69, 9.17) is 0 Å². The van der Waals surface area contributed by atoms with Crippen LogP contribution in [0.25, 0.3) is 10.8 Å². The van der Waals surface area contributed by atoms with Crippen LogP contribution < -0.4 is 5.32 Å². The average molecular weight is 424 g/mol. The first-order valence-corrected chi connectivity index (χ1v) is 11.6. The number of carbonyl (C=O) groups is 2. The SMILES string of the molecule is CCCCN1CCC(NC(=O)C2CCCN2C(=O)c2ccc3ccccc3c2O)CC1. The molecule has 2 aromatic rings. The number of hydrogen-bond acceptors (Lipinski definition) is 4. The van der Waals surface area contributed by atoms with E-state index < -0.39 is 6.04 Å². The molecule has 2 fully saturated rings. The van der Waals surface area contributed by atoms with E-state index in [9.17, 15) is 14.7 Å². The molecule has 2 aliphatic rings. The van der Waals surface area contributed by atoms with Crippen LogP contribution in [0.2, 0.25) is 0 Å². The molecule has 2 heterocycles. The molecule has 0 bridgehead atoms. The number of rotatable bonds is 6. The van der Waals surface area contributed by atoms with Crippen molar-refractivity contribution in [2.24, 2.45) is 0 Å². The first kappa shape index (κ1) is 21.6. The number of aromatic hydroxyl groups is 1. The number of nitrogens with zero attached hydrogens (tertiary/aromatic N) is 2. The van der Waals surface area contributed by atoms with Crippen LogP contribution >= 0.6 is 0 Å². The standard InChI is InChI=1S/C25H33N3O3/c1-2-3-14-27-16-12-19(13-17-27)26-24(30)22-9-6-15-28(22)25(31)21-11-10-18-7-4-5-8-20(18)23(21)29/h4-5,7-8,10-11,19,22,29H,2-3,6,9,12-17H2,1H3,(H,26,30). The van der Waals surface area contributed by atoms with Crippen molar-refractivity contribution in [1.82, 2.24) is 15.1 Å². The van der Waals surface area contributed by atoms with Gasteiger partial charge in [-0.05, 0) is 50.1 Å². The Hall–Kier alpha value is -2.60. The van der Waals surface area contributed by atoms with E-state index in [1.165, 1.54) is 12.8 Å². The summed E-state index contributed by atoms with van der Waals surface area (Å²) in [6.45, 7) is 5.92. The van der Waals surface area contributed by atoms with Crippen LogP contribution in [0.4, 0.5) is 0 Å². The number of benzene rings is 2. The molecule has 0 radical (unpaired) electrons. The zero-order valence-electron chi connectivity index (χ0n) is 18.3. The van der Waals surface area contributed by atoms with Crippen molar-refractivity contribution in [1.29, 1.82) is 0 Å². The topological polar surface area (TPSA) is 72.9 Å². The number of unbranched alkanes of at least 4 members (excludes halogenated alkanes) is 1. The second-order valence-electron chi connectivity index (χ2n) is 8.82. The molecule has 4 rings (SSSR count). The first-order valence-electron chi connectivity index (χ1n) is 11.6. The van der Waals surface area contributed by atoms with Gasteiger partial charge in [0.2, 0.25) is 5.91 Å². The maximum Gasteiger partial charge on any atom is 0.258 e. The number of piperidine rings is 1. The molecule has 0 spiro atoms. The summed E-state index contributed by atoms with van der Waals surface area (Å²) in [7, 11) is 0. The number of likely N-dealkylation sites (tertiary alicyclic amines) is 2. The highest BCUT2D eigenvalue weighted by atomic mass is 16.3. The van der Waals surface area contributed by atoms with Crippen molar-refractivity contribution in [2.75, 3.05) is 26.2 Å². The van der Waals surface area contributed by atoms with E-state index in [0.29, 0.717) is 18.4 Å². The van der Waals surface area contributed by atoms with Gasteiger partial charge in [-0.3, -0.25) is 9.59 Å². The molecule has 166 valence electrons. The molecule has 0 aliphatic carbocycles. The van der Waals surface area contributed by atoms with Crippen molar-refractivity contribution < 1.29 is 14.7 Å². The van der Waals surface area contributed by atoms with E-state index in [2.05, 4.69) is 17.1 Å². The number of hydrogen-bond donors (Lipinski definition) is 2. The minimum Gasteiger partial charge on any atom is -0.506 e. The van der Waals surface area contributed by atoms with Gasteiger partial charge in [0.25, 0.3) is 5.91 Å². The van der Waals surface area contributed by atoms with Gasteiger partial charge in [0.05, 0.1) is 5.56 Å². The third-order valence-electron chi connectivity index (χ3n) is 6.71. The van der Waals surface area contributed by atoms with Gasteiger partial charge in [0, 0.05) is 31.1 Å². The fraction of sp³-hybridized carbons (Fsp3) is 0.520. The molecule has 6 nitrogen and oxygen atoms in total. The second-order valence-corrected chi connectivity index (χ2v) is 8.82. The summed E-state index contributed by atoms with van der Waals surface area (Å²) in [6, 6.07) is 10.7. The smallest absolute Gasteiger partial charge is 0.258 e. The van der Waals surface area contributed by atoms with Crippen LogP contribution in [0.1, 0.15) is 55.8 Å². The summed E-state index contributed by atoms with van der Waals surface area (Å²) in [4.78, 5) is 30.4. The van der Waals surface area contributed by atoms with Crippen LogP contribution in [0.3, 0.4) is 0 Å². The van der Waals surface area contributed by atoms with Gasteiger partial charge in [0.15, 0.2) is 0 Å². The van der Waals surface area contributed by atoms with Gasteiger partial charge in [-0.2, -0.15) is 0 Å². The molecule has 1 unspecified atom stereocenters. The Balaban J connectivity index is 1.40. The molecule has 2 amide bonds. The summed E-state index contributed by atoms with van der Waals surface area (Å²) < 4.78 is 0. The zero-order valence-corrected chi connectivity index (χ0v) is 18.3. The largest absolute Gasteiger partial charge is 0.506 e. The highest BCUT2D eigenvalue weighted by molar-refractivity contribution is 6.05. The lowest BCUT2D eigenvalue weighted by Gasteiger charge is -2.33. The second kappa shape index (κ2) is 9.69. The van der Waals surface area contributed by atoms with Gasteiger partial charge in [0.1, 0.15) is 11.8 Å². The maximum absolute atomic E-state index is 13.2.